The van der Waals surface area contributed by atoms with Gasteiger partial charge in [-0.05, 0) is 55.7 Å². The minimum Gasteiger partial charge on any atom is -0.445 e. The second-order valence-corrected chi connectivity index (χ2v) is 8.76. The molecule has 0 aromatic heterocycles. The quantitative estimate of drug-likeness (QED) is 0.356. The number of alkyl carbamates (subject to hydrolysis) is 1. The van der Waals surface area contributed by atoms with Gasteiger partial charge in [0.25, 0.3) is 0 Å². The lowest BCUT2D eigenvalue weighted by Gasteiger charge is -2.34. The van der Waals surface area contributed by atoms with Crippen LogP contribution in [-0.2, 0) is 16.1 Å². The van der Waals surface area contributed by atoms with Crippen LogP contribution in [0.3, 0.4) is 0 Å². The van der Waals surface area contributed by atoms with Gasteiger partial charge in [0, 0.05) is 19.6 Å². The lowest BCUT2D eigenvalue weighted by molar-refractivity contribution is -0.134. The van der Waals surface area contributed by atoms with Gasteiger partial charge >= 0.3 is 6.09 Å². The number of hydrogen-bond donors (Lipinski definition) is 2. The van der Waals surface area contributed by atoms with Gasteiger partial charge in [-0.25, -0.2) is 4.79 Å². The average Bonchev–Trinajstić information content (AvgIpc) is 2.89. The van der Waals surface area contributed by atoms with Crippen LogP contribution in [0.1, 0.15) is 49.1 Å². The molecular weight excluding hydrogens is 426 g/mol. The normalized spacial score (nSPS) is 14.9. The van der Waals surface area contributed by atoms with E-state index in [1.165, 1.54) is 5.56 Å². The number of ether oxygens (including phenoxy) is 1. The summed E-state index contributed by atoms with van der Waals surface area (Å²) in [6.45, 7) is 6.92. The Bertz CT molecular complexity index is 880. The van der Waals surface area contributed by atoms with Crippen LogP contribution in [0, 0.1) is 0 Å². The molecular formula is C28H37N3O3. The van der Waals surface area contributed by atoms with Crippen LogP contribution in [0.5, 0.6) is 0 Å². The summed E-state index contributed by atoms with van der Waals surface area (Å²) in [6.07, 6.45) is 5.50. The first-order valence-electron chi connectivity index (χ1n) is 12.3. The minimum absolute atomic E-state index is 0.0118. The highest BCUT2D eigenvalue weighted by Crippen LogP contribution is 2.28. The summed E-state index contributed by atoms with van der Waals surface area (Å²) in [5.41, 5.74) is 2.25. The number of benzene rings is 2. The maximum Gasteiger partial charge on any atom is 0.408 e. The van der Waals surface area contributed by atoms with Crippen molar-refractivity contribution in [3.8, 4) is 0 Å². The number of carbonyl (C=O) groups excluding carboxylic acids is 2. The number of nitrogens with zero attached hydrogens (tertiary/aromatic N) is 1. The molecule has 182 valence electrons. The predicted molar refractivity (Wildman–Crippen MR) is 135 cm³/mol. The molecule has 1 heterocycles. The van der Waals surface area contributed by atoms with E-state index in [0.717, 1.165) is 44.3 Å². The Hall–Kier alpha value is -3.12. The lowest BCUT2D eigenvalue weighted by atomic mass is 9.89. The SMILES string of the molecule is C=CCNCCCC[C@H](NC(=O)OCc1ccccc1)C(=O)N1CCC(c2ccccc2)CC1. The highest BCUT2D eigenvalue weighted by atomic mass is 16.5. The van der Waals surface area contributed by atoms with Crippen molar-refractivity contribution in [2.45, 2.75) is 50.7 Å². The van der Waals surface area contributed by atoms with Crippen LogP contribution >= 0.6 is 0 Å². The van der Waals surface area contributed by atoms with E-state index in [1.54, 1.807) is 0 Å². The van der Waals surface area contributed by atoms with Crippen molar-refractivity contribution >= 4 is 12.0 Å². The third-order valence-electron chi connectivity index (χ3n) is 6.27. The van der Waals surface area contributed by atoms with Crippen molar-refractivity contribution in [2.75, 3.05) is 26.2 Å². The predicted octanol–water partition coefficient (Wildman–Crippen LogP) is 4.63. The second-order valence-electron chi connectivity index (χ2n) is 8.76. The molecule has 3 rings (SSSR count). The van der Waals surface area contributed by atoms with E-state index in [0.29, 0.717) is 25.4 Å². The van der Waals surface area contributed by atoms with Crippen LogP contribution in [0.4, 0.5) is 4.79 Å². The Morgan fingerprint density at radius 1 is 1.03 bits per heavy atom. The molecule has 0 unspecified atom stereocenters. The molecule has 34 heavy (non-hydrogen) atoms. The molecule has 2 amide bonds. The molecule has 1 aliphatic rings. The molecule has 2 N–H and O–H groups in total. The van der Waals surface area contributed by atoms with Gasteiger partial charge in [0.2, 0.25) is 5.91 Å². The lowest BCUT2D eigenvalue weighted by Crippen LogP contribution is -2.50. The highest BCUT2D eigenvalue weighted by molar-refractivity contribution is 5.85. The fraction of sp³-hybridized carbons (Fsp3) is 0.429. The van der Waals surface area contributed by atoms with Crippen molar-refractivity contribution in [1.29, 1.82) is 0 Å². The highest BCUT2D eigenvalue weighted by Gasteiger charge is 2.29. The summed E-state index contributed by atoms with van der Waals surface area (Å²) >= 11 is 0. The third-order valence-corrected chi connectivity index (χ3v) is 6.27. The van der Waals surface area contributed by atoms with Crippen LogP contribution in [-0.4, -0.2) is 49.1 Å². The Kier molecular flexibility index (Phi) is 10.7. The van der Waals surface area contributed by atoms with Crippen LogP contribution in [0.15, 0.2) is 73.3 Å². The van der Waals surface area contributed by atoms with E-state index in [2.05, 4.69) is 41.5 Å². The Morgan fingerprint density at radius 3 is 2.38 bits per heavy atom. The monoisotopic (exact) mass is 463 g/mol. The molecule has 0 bridgehead atoms. The van der Waals surface area contributed by atoms with Gasteiger partial charge in [-0.1, -0.05) is 66.7 Å². The topological polar surface area (TPSA) is 70.7 Å². The van der Waals surface area contributed by atoms with Crippen LogP contribution in [0.25, 0.3) is 0 Å². The van der Waals surface area contributed by atoms with Crippen molar-refractivity contribution in [2.24, 2.45) is 0 Å². The number of hydrogen-bond acceptors (Lipinski definition) is 4. The summed E-state index contributed by atoms with van der Waals surface area (Å²) in [7, 11) is 0. The van der Waals surface area contributed by atoms with Crippen molar-refractivity contribution < 1.29 is 14.3 Å². The number of piperidine rings is 1. The minimum atomic E-state index is -0.573. The summed E-state index contributed by atoms with van der Waals surface area (Å²) in [5.74, 6) is 0.464. The van der Waals surface area contributed by atoms with E-state index >= 15 is 0 Å². The summed E-state index contributed by atoms with van der Waals surface area (Å²) < 4.78 is 5.39. The van der Waals surface area contributed by atoms with E-state index in [4.69, 9.17) is 4.74 Å². The number of amides is 2. The molecule has 0 spiro atoms. The van der Waals surface area contributed by atoms with E-state index < -0.39 is 12.1 Å². The van der Waals surface area contributed by atoms with Crippen molar-refractivity contribution in [3.05, 3.63) is 84.4 Å². The summed E-state index contributed by atoms with van der Waals surface area (Å²) in [6, 6.07) is 19.5. The zero-order chi connectivity index (χ0) is 24.0. The zero-order valence-electron chi connectivity index (χ0n) is 20.0. The van der Waals surface area contributed by atoms with E-state index in [-0.39, 0.29) is 12.5 Å². The number of rotatable bonds is 12. The molecule has 0 aliphatic carbocycles. The molecule has 1 atom stereocenters. The molecule has 1 aliphatic heterocycles. The van der Waals surface area contributed by atoms with Gasteiger partial charge in [0.1, 0.15) is 12.6 Å². The first kappa shape index (κ1) is 25.5. The first-order valence-corrected chi connectivity index (χ1v) is 12.3. The largest absolute Gasteiger partial charge is 0.445 e. The number of nitrogens with one attached hydrogen (secondary N) is 2. The van der Waals surface area contributed by atoms with E-state index in [1.807, 2.05) is 47.4 Å². The van der Waals surface area contributed by atoms with E-state index in [9.17, 15) is 9.59 Å². The van der Waals surface area contributed by atoms with Gasteiger partial charge in [0.05, 0.1) is 0 Å². The molecule has 2 aromatic rings. The van der Waals surface area contributed by atoms with Gasteiger partial charge in [-0.2, -0.15) is 0 Å². The number of unbranched alkanes of at least 4 members (excludes halogenated alkanes) is 1. The number of likely N-dealkylation sites (tertiary alicyclic amines) is 1. The zero-order valence-corrected chi connectivity index (χ0v) is 20.0. The molecule has 6 heteroatoms. The van der Waals surface area contributed by atoms with Crippen molar-refractivity contribution in [3.63, 3.8) is 0 Å². The maximum absolute atomic E-state index is 13.3. The standard InChI is InChI=1S/C28H37N3O3/c1-2-18-29-19-10-9-15-26(30-28(33)34-22-23-11-5-3-6-12-23)27(32)31-20-16-25(17-21-31)24-13-7-4-8-14-24/h2-8,11-14,25-26,29H,1,9-10,15-22H2,(H,30,33)/t26-/m0/s1. The third kappa shape index (κ3) is 8.34. The fourth-order valence-electron chi connectivity index (χ4n) is 4.35. The van der Waals surface area contributed by atoms with Crippen LogP contribution < -0.4 is 10.6 Å². The Morgan fingerprint density at radius 2 is 1.71 bits per heavy atom. The Labute approximate surface area is 203 Å². The molecule has 1 saturated heterocycles. The van der Waals surface area contributed by atoms with Crippen LogP contribution in [0.2, 0.25) is 0 Å². The fourth-order valence-corrected chi connectivity index (χ4v) is 4.35. The molecule has 0 radical (unpaired) electrons. The summed E-state index contributed by atoms with van der Waals surface area (Å²) in [4.78, 5) is 27.7. The smallest absolute Gasteiger partial charge is 0.408 e. The van der Waals surface area contributed by atoms with Gasteiger partial charge < -0.3 is 20.3 Å². The van der Waals surface area contributed by atoms with Gasteiger partial charge in [0.15, 0.2) is 0 Å². The second kappa shape index (κ2) is 14.2. The molecule has 0 saturated carbocycles. The van der Waals surface area contributed by atoms with Gasteiger partial charge in [-0.3, -0.25) is 4.79 Å². The number of carbonyl (C=O) groups is 2. The summed E-state index contributed by atoms with van der Waals surface area (Å²) in [5, 5.41) is 6.12. The molecule has 2 aromatic carbocycles. The first-order chi connectivity index (χ1) is 16.7. The van der Waals surface area contributed by atoms with Crippen molar-refractivity contribution in [1.82, 2.24) is 15.5 Å². The Balaban J connectivity index is 1.52. The molecule has 6 nitrogen and oxygen atoms in total. The van der Waals surface area contributed by atoms with Gasteiger partial charge in [-0.15, -0.1) is 6.58 Å². The average molecular weight is 464 g/mol. The maximum atomic E-state index is 13.3. The molecule has 1 fully saturated rings.